The van der Waals surface area contributed by atoms with E-state index in [9.17, 15) is 0 Å². The lowest BCUT2D eigenvalue weighted by molar-refractivity contribution is 1.07. The van der Waals surface area contributed by atoms with E-state index in [-0.39, 0.29) is 0 Å². The van der Waals surface area contributed by atoms with Crippen LogP contribution < -0.4 is 0 Å². The van der Waals surface area contributed by atoms with Gasteiger partial charge in [-0.15, -0.1) is 0 Å². The van der Waals surface area contributed by atoms with Crippen molar-refractivity contribution < 1.29 is 0 Å². The van der Waals surface area contributed by atoms with Gasteiger partial charge in [-0.05, 0) is 73.0 Å². The van der Waals surface area contributed by atoms with E-state index in [1.807, 2.05) is 27.7 Å². The second kappa shape index (κ2) is 8.95. The zero-order valence-corrected chi connectivity index (χ0v) is 20.8. The molecule has 34 heavy (non-hydrogen) atoms. The van der Waals surface area contributed by atoms with Crippen molar-refractivity contribution in [3.63, 3.8) is 0 Å². The second-order valence-corrected chi connectivity index (χ2v) is 8.48. The van der Waals surface area contributed by atoms with Gasteiger partial charge in [-0.1, -0.05) is 125 Å². The van der Waals surface area contributed by atoms with Gasteiger partial charge in [0.2, 0.25) is 0 Å². The minimum Gasteiger partial charge on any atom is -0.0683 e. The lowest BCUT2D eigenvalue weighted by Gasteiger charge is -2.29. The highest BCUT2D eigenvalue weighted by atomic mass is 14.4. The second-order valence-electron chi connectivity index (χ2n) is 8.48. The maximum atomic E-state index is 2.34. The van der Waals surface area contributed by atoms with E-state index in [1.165, 1.54) is 66.1 Å². The van der Waals surface area contributed by atoms with Crippen LogP contribution in [0, 0.1) is 0 Å². The summed E-state index contributed by atoms with van der Waals surface area (Å²) in [6.07, 6.45) is 0. The molecule has 0 bridgehead atoms. The molecule has 0 saturated heterocycles. The quantitative estimate of drug-likeness (QED) is 0.210. The molecular weight excluding hydrogens is 408 g/mol. The molecule has 0 heterocycles. The Bertz CT molecular complexity index is 1550. The molecule has 0 saturated carbocycles. The van der Waals surface area contributed by atoms with Crippen LogP contribution >= 0.6 is 0 Å². The molecule has 0 fully saturated rings. The van der Waals surface area contributed by atoms with Gasteiger partial charge in [0.15, 0.2) is 0 Å². The van der Waals surface area contributed by atoms with Crippen LogP contribution in [0.25, 0.3) is 43.8 Å². The Kier molecular flexibility index (Phi) is 5.84. The van der Waals surface area contributed by atoms with Gasteiger partial charge in [0, 0.05) is 5.92 Å². The predicted octanol–water partition coefficient (Wildman–Crippen LogP) is 10.1. The summed E-state index contributed by atoms with van der Waals surface area (Å²) in [4.78, 5) is 0. The largest absolute Gasteiger partial charge is 0.0683 e. The minimum atomic E-state index is 0.292. The first-order valence-corrected chi connectivity index (χ1v) is 12.7. The molecule has 0 heteroatoms. The summed E-state index contributed by atoms with van der Waals surface area (Å²) in [7, 11) is 0. The lowest BCUT2D eigenvalue weighted by Crippen LogP contribution is -2.09. The average molecular weight is 441 g/mol. The monoisotopic (exact) mass is 440 g/mol. The molecule has 0 nitrogen and oxygen atoms in total. The zero-order chi connectivity index (χ0) is 23.8. The molecule has 0 N–H and O–H groups in total. The molecule has 1 unspecified atom stereocenters. The van der Waals surface area contributed by atoms with E-state index < -0.39 is 0 Å². The van der Waals surface area contributed by atoms with Crippen molar-refractivity contribution in [3.8, 4) is 11.1 Å². The summed E-state index contributed by atoms with van der Waals surface area (Å²) in [5.74, 6) is 0.292. The Morgan fingerprint density at radius 2 is 0.941 bits per heavy atom. The summed E-state index contributed by atoms with van der Waals surface area (Å²) >= 11 is 0. The smallest absolute Gasteiger partial charge is 0.0367 e. The van der Waals surface area contributed by atoms with Gasteiger partial charge in [-0.2, -0.15) is 0 Å². The van der Waals surface area contributed by atoms with Crippen LogP contribution in [0.3, 0.4) is 0 Å². The molecule has 1 atom stereocenters. The van der Waals surface area contributed by atoms with Crippen LogP contribution in [0.2, 0.25) is 0 Å². The third kappa shape index (κ3) is 2.98. The van der Waals surface area contributed by atoms with E-state index in [0.29, 0.717) is 5.92 Å². The van der Waals surface area contributed by atoms with Crippen molar-refractivity contribution in [3.05, 3.63) is 119 Å². The normalized spacial score (nSPS) is 14.8. The van der Waals surface area contributed by atoms with Gasteiger partial charge in [-0.25, -0.2) is 0 Å². The van der Waals surface area contributed by atoms with Gasteiger partial charge in [0.05, 0.1) is 0 Å². The van der Waals surface area contributed by atoms with Crippen LogP contribution in [0.15, 0.2) is 97.1 Å². The number of hydrogen-bond acceptors (Lipinski definition) is 0. The highest BCUT2D eigenvalue weighted by Crippen LogP contribution is 2.59. The molecule has 2 aliphatic rings. The number of rotatable bonds is 0. The highest BCUT2D eigenvalue weighted by Gasteiger charge is 2.39. The molecule has 0 spiro atoms. The third-order valence-corrected chi connectivity index (χ3v) is 7.11. The minimum absolute atomic E-state index is 0.292. The molecular formula is C34H32. The van der Waals surface area contributed by atoms with Crippen LogP contribution in [-0.2, 0) is 0 Å². The van der Waals surface area contributed by atoms with Gasteiger partial charge in [0.1, 0.15) is 0 Å². The van der Waals surface area contributed by atoms with Gasteiger partial charge in [-0.3, -0.25) is 0 Å². The zero-order valence-electron chi connectivity index (χ0n) is 20.8. The van der Waals surface area contributed by atoms with Gasteiger partial charge < -0.3 is 0 Å². The third-order valence-electron chi connectivity index (χ3n) is 7.11. The van der Waals surface area contributed by atoms with Crippen LogP contribution in [0.1, 0.15) is 62.8 Å². The van der Waals surface area contributed by atoms with Crippen molar-refractivity contribution in [2.45, 2.75) is 40.5 Å². The first kappa shape index (κ1) is 22.2. The van der Waals surface area contributed by atoms with Crippen molar-refractivity contribution in [1.29, 1.82) is 0 Å². The Balaban J connectivity index is 0.000000574. The first-order chi connectivity index (χ1) is 16.8. The van der Waals surface area contributed by atoms with E-state index >= 15 is 0 Å². The summed E-state index contributed by atoms with van der Waals surface area (Å²) in [6.45, 7) is 10.3. The molecule has 2 aliphatic carbocycles. The van der Waals surface area contributed by atoms with Crippen LogP contribution in [0.5, 0.6) is 0 Å². The highest BCUT2D eigenvalue weighted by molar-refractivity contribution is 6.20. The van der Waals surface area contributed by atoms with E-state index in [1.54, 1.807) is 0 Å². The topological polar surface area (TPSA) is 0 Å². The van der Waals surface area contributed by atoms with Crippen molar-refractivity contribution in [1.82, 2.24) is 0 Å². The first-order valence-electron chi connectivity index (χ1n) is 12.7. The van der Waals surface area contributed by atoms with Gasteiger partial charge in [0.25, 0.3) is 0 Å². The van der Waals surface area contributed by atoms with Crippen LogP contribution in [0.4, 0.5) is 0 Å². The summed E-state index contributed by atoms with van der Waals surface area (Å²) < 4.78 is 0. The maximum absolute atomic E-state index is 2.34. The Morgan fingerprint density at radius 1 is 0.471 bits per heavy atom. The molecule has 5 aromatic rings. The fourth-order valence-corrected chi connectivity index (χ4v) is 5.98. The number of hydrogen-bond donors (Lipinski definition) is 0. The van der Waals surface area contributed by atoms with Crippen molar-refractivity contribution in [2.75, 3.05) is 0 Å². The number of benzene rings is 5. The Morgan fingerprint density at radius 3 is 1.62 bits per heavy atom. The van der Waals surface area contributed by atoms with Crippen molar-refractivity contribution in [2.24, 2.45) is 0 Å². The summed E-state index contributed by atoms with van der Waals surface area (Å²) in [5.41, 5.74) is 11.4. The fraction of sp³-hybridized carbons (Fsp3) is 0.176. The Labute approximate surface area is 203 Å². The molecule has 5 aromatic carbocycles. The number of fused-ring (bicyclic) bond motifs is 13. The van der Waals surface area contributed by atoms with E-state index in [4.69, 9.17) is 0 Å². The summed E-state index contributed by atoms with van der Waals surface area (Å²) in [5, 5.41) is 5.48. The fourth-order valence-electron chi connectivity index (χ4n) is 5.98. The SMILES string of the molecule is CC.CC.CC1=C2c3ccccc3-c3ccccc3C2c2c1c1ccccc1c1ccccc21. The van der Waals surface area contributed by atoms with Crippen molar-refractivity contribution >= 4 is 32.7 Å². The van der Waals surface area contributed by atoms with E-state index in [2.05, 4.69) is 104 Å². The molecule has 0 radical (unpaired) electrons. The van der Waals surface area contributed by atoms with E-state index in [0.717, 1.165) is 0 Å². The summed E-state index contributed by atoms with van der Waals surface area (Å²) in [6, 6.07) is 35.8. The Hall–Kier alpha value is -3.64. The average Bonchev–Trinajstić information content (AvgIpc) is 3.25. The molecule has 7 rings (SSSR count). The molecule has 0 aliphatic heterocycles. The van der Waals surface area contributed by atoms with Gasteiger partial charge >= 0.3 is 0 Å². The predicted molar refractivity (Wildman–Crippen MR) is 150 cm³/mol. The maximum Gasteiger partial charge on any atom is 0.0367 e. The molecule has 0 amide bonds. The number of allylic oxidation sites excluding steroid dienone is 2. The standard InChI is InChI=1S/C30H20.2C2H6/c1-18-27-23-14-6-2-10-19(23)21-12-4-8-16-25(21)29(27)30-26-17-9-5-13-22(26)20-11-3-7-15-24(20)28(18)30;2*1-2/h2-17,29H,1H3;2*1-2H3. The lowest BCUT2D eigenvalue weighted by atomic mass is 9.73. The molecule has 168 valence electrons. The van der Waals surface area contributed by atoms with Crippen LogP contribution in [-0.4, -0.2) is 0 Å². The molecule has 0 aromatic heterocycles.